The number of nitrogens with one attached hydrogen (secondary N) is 1. The van der Waals surface area contributed by atoms with Crippen molar-refractivity contribution in [1.29, 1.82) is 0 Å². The first-order valence-electron chi connectivity index (χ1n) is 4.48. The van der Waals surface area contributed by atoms with Crippen molar-refractivity contribution < 1.29 is 9.53 Å². The Hall–Kier alpha value is -0.0300. The molecule has 1 amide bonds. The van der Waals surface area contributed by atoms with Crippen molar-refractivity contribution in [3.63, 3.8) is 0 Å². The molecule has 0 aromatic heterocycles. The van der Waals surface area contributed by atoms with Crippen LogP contribution in [0.3, 0.4) is 0 Å². The molecule has 6 heteroatoms. The third-order valence-corrected chi connectivity index (χ3v) is 2.56. The summed E-state index contributed by atoms with van der Waals surface area (Å²) in [6, 6.07) is 0. The smallest absolute Gasteiger partial charge is 0.240 e. The van der Waals surface area contributed by atoms with Gasteiger partial charge in [-0.1, -0.05) is 0 Å². The van der Waals surface area contributed by atoms with Crippen LogP contribution in [-0.4, -0.2) is 36.0 Å². The number of nitrogens with two attached hydrogens (primary N) is 1. The van der Waals surface area contributed by atoms with Crippen molar-refractivity contribution in [1.82, 2.24) is 5.32 Å². The molecule has 82 valence electrons. The topological polar surface area (TPSA) is 64.4 Å². The number of hydrogen-bond acceptors (Lipinski definition) is 3. The molecule has 0 radical (unpaired) electrons. The molecule has 0 spiro atoms. The molecule has 1 heterocycles. The van der Waals surface area contributed by atoms with Crippen molar-refractivity contribution in [3.8, 4) is 0 Å². The molecule has 1 rings (SSSR count). The molecule has 14 heavy (non-hydrogen) atoms. The van der Waals surface area contributed by atoms with E-state index in [0.29, 0.717) is 26.1 Å². The largest absolute Gasteiger partial charge is 0.381 e. The highest BCUT2D eigenvalue weighted by Gasteiger charge is 2.35. The van der Waals surface area contributed by atoms with E-state index in [1.54, 1.807) is 0 Å². The number of hydrogen-bond donors (Lipinski definition) is 2. The van der Waals surface area contributed by atoms with Gasteiger partial charge in [-0.05, 0) is 12.8 Å². The summed E-state index contributed by atoms with van der Waals surface area (Å²) in [6.45, 7) is 1.27. The number of halogens is 2. The Morgan fingerprint density at radius 3 is 2.57 bits per heavy atom. The number of carbonyl (C=O) groups is 1. The lowest BCUT2D eigenvalue weighted by atomic mass is 9.90. The second kappa shape index (κ2) is 5.16. The normalized spacial score (nSPS) is 20.9. The fourth-order valence-corrected chi connectivity index (χ4v) is 1.46. The van der Waals surface area contributed by atoms with Crippen LogP contribution in [0.4, 0.5) is 0 Å². The highest BCUT2D eigenvalue weighted by atomic mass is 35.5. The lowest BCUT2D eigenvalue weighted by molar-refractivity contribution is -0.129. The van der Waals surface area contributed by atoms with Gasteiger partial charge < -0.3 is 15.8 Å². The summed E-state index contributed by atoms with van der Waals surface area (Å²) < 4.78 is 5.13. The molecular weight excluding hydrogens is 227 g/mol. The molecule has 0 saturated carbocycles. The van der Waals surface area contributed by atoms with Crippen molar-refractivity contribution in [2.45, 2.75) is 23.2 Å². The maximum absolute atomic E-state index is 11.6. The molecular formula is C8H14Cl2N2O2. The van der Waals surface area contributed by atoms with Crippen LogP contribution in [0.15, 0.2) is 0 Å². The molecule has 0 aromatic carbocycles. The van der Waals surface area contributed by atoms with Crippen LogP contribution < -0.4 is 11.1 Å². The second-order valence-corrected chi connectivity index (χ2v) is 4.65. The zero-order valence-electron chi connectivity index (χ0n) is 7.76. The Morgan fingerprint density at radius 1 is 1.50 bits per heavy atom. The van der Waals surface area contributed by atoms with Crippen LogP contribution in [0.25, 0.3) is 0 Å². The highest BCUT2D eigenvalue weighted by molar-refractivity contribution is 6.44. The summed E-state index contributed by atoms with van der Waals surface area (Å²) in [5.74, 6) is -0.202. The van der Waals surface area contributed by atoms with Crippen molar-refractivity contribution in [3.05, 3.63) is 0 Å². The molecule has 0 unspecified atom stereocenters. The van der Waals surface area contributed by atoms with Crippen LogP contribution in [0.5, 0.6) is 0 Å². The first kappa shape index (κ1) is 12.0. The number of ether oxygens (including phenoxy) is 1. The molecule has 4 nitrogen and oxygen atoms in total. The van der Waals surface area contributed by atoms with Gasteiger partial charge >= 0.3 is 0 Å². The summed E-state index contributed by atoms with van der Waals surface area (Å²) in [7, 11) is 0. The Balaban J connectivity index is 2.41. The molecule has 1 fully saturated rings. The average Bonchev–Trinajstić information content (AvgIpc) is 2.15. The van der Waals surface area contributed by atoms with Gasteiger partial charge in [-0.3, -0.25) is 4.79 Å². The van der Waals surface area contributed by atoms with Gasteiger partial charge in [-0.2, -0.15) is 0 Å². The highest BCUT2D eigenvalue weighted by Crippen LogP contribution is 2.17. The Kier molecular flexibility index (Phi) is 4.44. The fourth-order valence-electron chi connectivity index (χ4n) is 1.31. The third kappa shape index (κ3) is 3.28. The molecule has 0 bridgehead atoms. The van der Waals surface area contributed by atoms with Crippen LogP contribution in [0.2, 0.25) is 0 Å². The maximum atomic E-state index is 11.6. The zero-order valence-corrected chi connectivity index (χ0v) is 9.27. The predicted molar refractivity (Wildman–Crippen MR) is 55.5 cm³/mol. The Bertz CT molecular complexity index is 206. The summed E-state index contributed by atoms with van der Waals surface area (Å²) >= 11 is 11.0. The lowest BCUT2D eigenvalue weighted by Crippen LogP contribution is -2.57. The minimum absolute atomic E-state index is 0.202. The first-order chi connectivity index (χ1) is 6.54. The summed E-state index contributed by atoms with van der Waals surface area (Å²) in [4.78, 5) is 11.0. The van der Waals surface area contributed by atoms with Gasteiger partial charge in [0.1, 0.15) is 4.84 Å². The van der Waals surface area contributed by atoms with E-state index in [0.717, 1.165) is 0 Å². The van der Waals surface area contributed by atoms with Gasteiger partial charge in [0.05, 0.1) is 5.54 Å². The first-order valence-corrected chi connectivity index (χ1v) is 5.35. The van der Waals surface area contributed by atoms with Crippen LogP contribution >= 0.6 is 23.2 Å². The van der Waals surface area contributed by atoms with Crippen LogP contribution in [-0.2, 0) is 9.53 Å². The van der Waals surface area contributed by atoms with Crippen molar-refractivity contribution in [2.75, 3.05) is 19.8 Å². The molecule has 1 aliphatic rings. The number of amides is 1. The molecule has 0 aromatic rings. The second-order valence-electron chi connectivity index (χ2n) is 3.37. The quantitative estimate of drug-likeness (QED) is 0.703. The van der Waals surface area contributed by atoms with E-state index in [2.05, 4.69) is 5.32 Å². The standard InChI is InChI=1S/C8H14Cl2N2O2/c9-6(10)5-12-7(13)8(11)1-3-14-4-2-8/h6H,1-5,11H2,(H,12,13). The average molecular weight is 241 g/mol. The lowest BCUT2D eigenvalue weighted by Gasteiger charge is -2.31. The van der Waals surface area contributed by atoms with Gasteiger partial charge in [0, 0.05) is 19.8 Å². The Labute approximate surface area is 93.1 Å². The summed E-state index contributed by atoms with van der Waals surface area (Å²) in [5.41, 5.74) is 5.09. The van der Waals surface area contributed by atoms with Crippen molar-refractivity contribution >= 4 is 29.1 Å². The number of rotatable bonds is 3. The molecule has 0 aliphatic carbocycles. The fraction of sp³-hybridized carbons (Fsp3) is 0.875. The Morgan fingerprint density at radius 2 is 2.07 bits per heavy atom. The van der Waals surface area contributed by atoms with E-state index < -0.39 is 10.4 Å². The third-order valence-electron chi connectivity index (χ3n) is 2.25. The summed E-state index contributed by atoms with van der Waals surface area (Å²) in [6.07, 6.45) is 1.07. The van der Waals surface area contributed by atoms with E-state index in [4.69, 9.17) is 33.7 Å². The van der Waals surface area contributed by atoms with Gasteiger partial charge in [0.15, 0.2) is 0 Å². The minimum atomic E-state index is -0.819. The van der Waals surface area contributed by atoms with Crippen molar-refractivity contribution in [2.24, 2.45) is 5.73 Å². The van der Waals surface area contributed by atoms with E-state index in [1.807, 2.05) is 0 Å². The van der Waals surface area contributed by atoms with E-state index in [9.17, 15) is 4.79 Å². The predicted octanol–water partition coefficient (Wildman–Crippen LogP) is 0.414. The van der Waals surface area contributed by atoms with Crippen LogP contribution in [0, 0.1) is 0 Å². The van der Waals surface area contributed by atoms with Gasteiger partial charge in [0.25, 0.3) is 0 Å². The molecule has 3 N–H and O–H groups in total. The van der Waals surface area contributed by atoms with E-state index in [1.165, 1.54) is 0 Å². The molecule has 1 saturated heterocycles. The monoisotopic (exact) mass is 240 g/mol. The number of alkyl halides is 2. The number of carbonyl (C=O) groups excluding carboxylic acids is 1. The SMILES string of the molecule is NC1(C(=O)NCC(Cl)Cl)CCOCC1. The van der Waals surface area contributed by atoms with E-state index >= 15 is 0 Å². The van der Waals surface area contributed by atoms with Gasteiger partial charge in [-0.15, -0.1) is 23.2 Å². The summed E-state index contributed by atoms with van der Waals surface area (Å²) in [5, 5.41) is 2.61. The zero-order chi connectivity index (χ0) is 10.6. The van der Waals surface area contributed by atoms with Gasteiger partial charge in [-0.25, -0.2) is 0 Å². The molecule has 0 atom stereocenters. The van der Waals surface area contributed by atoms with Crippen LogP contribution in [0.1, 0.15) is 12.8 Å². The molecule has 1 aliphatic heterocycles. The minimum Gasteiger partial charge on any atom is -0.381 e. The van der Waals surface area contributed by atoms with E-state index in [-0.39, 0.29) is 12.5 Å². The van der Waals surface area contributed by atoms with Gasteiger partial charge in [0.2, 0.25) is 5.91 Å². The maximum Gasteiger partial charge on any atom is 0.240 e.